The van der Waals surface area contributed by atoms with Crippen molar-refractivity contribution < 1.29 is 0 Å². The van der Waals surface area contributed by atoms with Crippen LogP contribution in [-0.4, -0.2) is 26.4 Å². The Kier molecular flexibility index (Phi) is 5.27. The summed E-state index contributed by atoms with van der Waals surface area (Å²) in [5.74, 6) is 7.09. The first-order valence-electron chi connectivity index (χ1n) is 7.16. The Labute approximate surface area is 129 Å². The van der Waals surface area contributed by atoms with E-state index in [0.717, 1.165) is 10.2 Å². The van der Waals surface area contributed by atoms with E-state index in [-0.39, 0.29) is 5.04 Å². The molecule has 0 saturated heterocycles. The first-order chi connectivity index (χ1) is 9.02. The van der Waals surface area contributed by atoms with Gasteiger partial charge in [0.1, 0.15) is 16.1 Å². The SMILES string of the molecule is C[Si](C)(C)C#CC([SiH3])(C#C[Si](C)(C)C)c1ccccc1. The van der Waals surface area contributed by atoms with Crippen LogP contribution in [0.5, 0.6) is 0 Å². The van der Waals surface area contributed by atoms with E-state index in [1.165, 1.54) is 5.56 Å². The van der Waals surface area contributed by atoms with Gasteiger partial charge in [-0.05, 0) is 5.56 Å². The number of hydrogen-bond acceptors (Lipinski definition) is 0. The lowest BCUT2D eigenvalue weighted by atomic mass is 10.00. The predicted octanol–water partition coefficient (Wildman–Crippen LogP) is 3.01. The zero-order valence-electron chi connectivity index (χ0n) is 13.9. The fraction of sp³-hybridized carbons (Fsp3) is 0.412. The second-order valence-corrected chi connectivity index (χ2v) is 18.5. The van der Waals surface area contributed by atoms with Gasteiger partial charge in [0.05, 0.1) is 5.04 Å². The fourth-order valence-electron chi connectivity index (χ4n) is 1.57. The van der Waals surface area contributed by atoms with Crippen LogP contribution in [0, 0.1) is 22.9 Å². The maximum Gasteiger partial charge on any atom is 0.129 e. The molecule has 1 rings (SSSR count). The second-order valence-electron chi connectivity index (χ2n) is 7.49. The van der Waals surface area contributed by atoms with Crippen molar-refractivity contribution in [1.82, 2.24) is 0 Å². The summed E-state index contributed by atoms with van der Waals surface area (Å²) in [4.78, 5) is 0. The molecule has 0 N–H and O–H groups in total. The molecule has 0 aromatic heterocycles. The van der Waals surface area contributed by atoms with E-state index in [9.17, 15) is 0 Å². The van der Waals surface area contributed by atoms with Crippen LogP contribution in [0.2, 0.25) is 39.3 Å². The average molecular weight is 315 g/mol. The molecule has 0 unspecified atom stereocenters. The Morgan fingerprint density at radius 2 is 1.20 bits per heavy atom. The molecule has 0 aliphatic carbocycles. The molecule has 20 heavy (non-hydrogen) atoms. The minimum absolute atomic E-state index is 0.207. The third-order valence-electron chi connectivity index (χ3n) is 2.73. The van der Waals surface area contributed by atoms with Gasteiger partial charge in [-0.25, -0.2) is 0 Å². The van der Waals surface area contributed by atoms with Crippen molar-refractivity contribution in [2.24, 2.45) is 0 Å². The standard InChI is InChI=1S/C17H26Si3/c1-19(2,3)14-12-17(18,13-15-20(4,5)6)16-10-8-7-9-11-16/h7-11H,1-6,18H3. The van der Waals surface area contributed by atoms with E-state index < -0.39 is 16.1 Å². The van der Waals surface area contributed by atoms with Crippen LogP contribution in [0.3, 0.4) is 0 Å². The van der Waals surface area contributed by atoms with E-state index in [2.05, 4.69) is 92.5 Å². The van der Waals surface area contributed by atoms with Crippen molar-refractivity contribution in [3.8, 4) is 22.9 Å². The zero-order valence-corrected chi connectivity index (χ0v) is 17.9. The monoisotopic (exact) mass is 314 g/mol. The number of hydrogen-bond donors (Lipinski definition) is 0. The molecule has 0 aliphatic rings. The van der Waals surface area contributed by atoms with Crippen LogP contribution in [-0.2, 0) is 5.04 Å². The lowest BCUT2D eigenvalue weighted by Gasteiger charge is -2.20. The van der Waals surface area contributed by atoms with Crippen LogP contribution < -0.4 is 0 Å². The van der Waals surface area contributed by atoms with Gasteiger partial charge in [-0.15, -0.1) is 11.1 Å². The molecule has 1 aromatic carbocycles. The van der Waals surface area contributed by atoms with Crippen molar-refractivity contribution in [2.45, 2.75) is 44.3 Å². The van der Waals surface area contributed by atoms with Crippen LogP contribution in [0.1, 0.15) is 5.56 Å². The summed E-state index contributed by atoms with van der Waals surface area (Å²) in [6.07, 6.45) is 0. The fourth-order valence-corrected chi connectivity index (χ4v) is 3.91. The Morgan fingerprint density at radius 1 is 0.800 bits per heavy atom. The highest BCUT2D eigenvalue weighted by Crippen LogP contribution is 2.19. The van der Waals surface area contributed by atoms with E-state index in [1.807, 2.05) is 0 Å². The summed E-state index contributed by atoms with van der Waals surface area (Å²) >= 11 is 0. The molecule has 106 valence electrons. The van der Waals surface area contributed by atoms with Gasteiger partial charge in [-0.2, -0.15) is 0 Å². The largest absolute Gasteiger partial charge is 0.130 e. The highest BCUT2D eigenvalue weighted by atomic mass is 28.3. The summed E-state index contributed by atoms with van der Waals surface area (Å²) in [5, 5.41) is -0.207. The maximum absolute atomic E-state index is 3.55. The average Bonchev–Trinajstić information content (AvgIpc) is 2.33. The van der Waals surface area contributed by atoms with Gasteiger partial charge in [0.2, 0.25) is 0 Å². The van der Waals surface area contributed by atoms with Gasteiger partial charge in [-0.3, -0.25) is 0 Å². The summed E-state index contributed by atoms with van der Waals surface area (Å²) < 4.78 is 0. The van der Waals surface area contributed by atoms with Gasteiger partial charge in [0, 0.05) is 10.2 Å². The quantitative estimate of drug-likeness (QED) is 0.552. The molecule has 0 radical (unpaired) electrons. The van der Waals surface area contributed by atoms with Gasteiger partial charge in [0.25, 0.3) is 0 Å². The van der Waals surface area contributed by atoms with E-state index >= 15 is 0 Å². The smallest absolute Gasteiger partial charge is 0.129 e. The molecule has 3 heteroatoms. The maximum atomic E-state index is 3.55. The van der Waals surface area contributed by atoms with E-state index in [4.69, 9.17) is 0 Å². The molecule has 0 spiro atoms. The lowest BCUT2D eigenvalue weighted by Crippen LogP contribution is -2.27. The van der Waals surface area contributed by atoms with Crippen molar-refractivity contribution in [1.29, 1.82) is 0 Å². The van der Waals surface area contributed by atoms with E-state index in [1.54, 1.807) is 0 Å². The molecule has 1 aromatic rings. The lowest BCUT2D eigenvalue weighted by molar-refractivity contribution is 1.05. The molecule has 0 amide bonds. The number of rotatable bonds is 1. The molecular weight excluding hydrogens is 288 g/mol. The highest BCUT2D eigenvalue weighted by Gasteiger charge is 2.23. The molecular formula is C17H26Si3. The van der Waals surface area contributed by atoms with Crippen LogP contribution in [0.4, 0.5) is 0 Å². The van der Waals surface area contributed by atoms with Crippen LogP contribution in [0.15, 0.2) is 30.3 Å². The molecule has 0 fully saturated rings. The topological polar surface area (TPSA) is 0 Å². The number of benzene rings is 1. The van der Waals surface area contributed by atoms with Crippen molar-refractivity contribution in [2.75, 3.05) is 0 Å². The van der Waals surface area contributed by atoms with Gasteiger partial charge in [-0.1, -0.05) is 81.5 Å². The van der Waals surface area contributed by atoms with Gasteiger partial charge < -0.3 is 0 Å². The van der Waals surface area contributed by atoms with Crippen molar-refractivity contribution in [3.05, 3.63) is 35.9 Å². The molecule has 0 saturated carbocycles. The van der Waals surface area contributed by atoms with Crippen molar-refractivity contribution >= 4 is 26.4 Å². The second kappa shape index (κ2) is 6.18. The summed E-state index contributed by atoms with van der Waals surface area (Å²) in [6, 6.07) is 10.6. The van der Waals surface area contributed by atoms with Gasteiger partial charge in [0.15, 0.2) is 0 Å². The Hall–Kier alpha value is -1.01. The molecule has 0 nitrogen and oxygen atoms in total. The van der Waals surface area contributed by atoms with Crippen LogP contribution >= 0.6 is 0 Å². The normalized spacial score (nSPS) is 12.1. The summed E-state index contributed by atoms with van der Waals surface area (Å²) in [7, 11) is -1.80. The van der Waals surface area contributed by atoms with E-state index in [0.29, 0.717) is 0 Å². The minimum Gasteiger partial charge on any atom is -0.130 e. The van der Waals surface area contributed by atoms with Crippen LogP contribution in [0.25, 0.3) is 0 Å². The van der Waals surface area contributed by atoms with Crippen molar-refractivity contribution in [3.63, 3.8) is 0 Å². The molecule has 0 heterocycles. The summed E-state index contributed by atoms with van der Waals surface area (Å²) in [5.41, 5.74) is 8.33. The van der Waals surface area contributed by atoms with Gasteiger partial charge >= 0.3 is 0 Å². The predicted molar refractivity (Wildman–Crippen MR) is 100 cm³/mol. The molecule has 0 bridgehead atoms. The third-order valence-corrected chi connectivity index (χ3v) is 5.55. The first kappa shape index (κ1) is 17.0. The summed E-state index contributed by atoms with van der Waals surface area (Å²) in [6.45, 7) is 13.7. The molecule has 0 aliphatic heterocycles. The molecule has 0 atom stereocenters. The Morgan fingerprint density at radius 3 is 1.55 bits per heavy atom. The first-order valence-corrected chi connectivity index (χ1v) is 15.2. The Bertz CT molecular complexity index is 534. The Balaban J connectivity index is 3.33. The minimum atomic E-state index is -1.37. The zero-order chi connectivity index (χ0) is 15.4. The highest BCUT2D eigenvalue weighted by molar-refractivity contribution is 6.84. The third kappa shape index (κ3) is 5.96.